The van der Waals surface area contributed by atoms with Gasteiger partial charge in [-0.15, -0.1) is 0 Å². The number of fused-ring (bicyclic) bond motifs is 1. The fourth-order valence-electron chi connectivity index (χ4n) is 3.74. The van der Waals surface area contributed by atoms with Crippen LogP contribution in [0.25, 0.3) is 22.9 Å². The molecule has 0 aliphatic heterocycles. The Hall–Kier alpha value is -4.25. The molecule has 4 rings (SSSR count). The summed E-state index contributed by atoms with van der Waals surface area (Å²) in [6.07, 6.45) is 3.95. The highest BCUT2D eigenvalue weighted by Crippen LogP contribution is 2.27. The Balaban J connectivity index is 1.42. The van der Waals surface area contributed by atoms with Crippen LogP contribution in [0.4, 0.5) is 0 Å². The molecule has 1 atom stereocenters. The van der Waals surface area contributed by atoms with Gasteiger partial charge < -0.3 is 18.9 Å². The lowest BCUT2D eigenvalue weighted by Gasteiger charge is -2.13. The number of hydrogen-bond acceptors (Lipinski definition) is 5. The summed E-state index contributed by atoms with van der Waals surface area (Å²) in [7, 11) is 4.90. The summed E-state index contributed by atoms with van der Waals surface area (Å²) in [6.45, 7) is 1.85. The van der Waals surface area contributed by atoms with Gasteiger partial charge in [0.15, 0.2) is 0 Å². The molecule has 4 aromatic rings. The summed E-state index contributed by atoms with van der Waals surface area (Å²) in [6, 6.07) is 24.9. The van der Waals surface area contributed by atoms with E-state index in [1.807, 2.05) is 85.8 Å². The molecule has 0 heterocycles. The second kappa shape index (κ2) is 10.8. The van der Waals surface area contributed by atoms with Crippen molar-refractivity contribution in [3.8, 4) is 23.0 Å². The van der Waals surface area contributed by atoms with Crippen LogP contribution in [0.1, 0.15) is 29.5 Å². The standard InChI is InChI=1S/C30H28O5/c1-20(23-9-10-25-18-27(32-2)14-11-24(25)17-23)30(31)35-26-12-7-21(8-13-26)5-6-22-15-28(33-3)19-29(16-22)34-4/h5-20H,1-4H3/b6-5+/t20-/m1/s1. The third-order valence-electron chi connectivity index (χ3n) is 5.87. The van der Waals surface area contributed by atoms with Gasteiger partial charge in [0, 0.05) is 6.07 Å². The predicted octanol–water partition coefficient (Wildman–Crippen LogP) is 6.75. The van der Waals surface area contributed by atoms with Crippen molar-refractivity contribution in [3.63, 3.8) is 0 Å². The van der Waals surface area contributed by atoms with E-state index >= 15 is 0 Å². The summed E-state index contributed by atoms with van der Waals surface area (Å²) < 4.78 is 21.6. The Labute approximate surface area is 205 Å². The second-order valence-corrected chi connectivity index (χ2v) is 8.16. The third kappa shape index (κ3) is 5.82. The van der Waals surface area contributed by atoms with Gasteiger partial charge in [-0.2, -0.15) is 0 Å². The fraction of sp³-hybridized carbons (Fsp3) is 0.167. The Kier molecular flexibility index (Phi) is 7.36. The highest BCUT2D eigenvalue weighted by molar-refractivity contribution is 5.87. The van der Waals surface area contributed by atoms with E-state index in [1.165, 1.54) is 0 Å². The van der Waals surface area contributed by atoms with Crippen LogP contribution in [-0.2, 0) is 4.79 Å². The van der Waals surface area contributed by atoms with Crippen molar-refractivity contribution in [2.24, 2.45) is 0 Å². The number of rotatable bonds is 8. The molecule has 0 N–H and O–H groups in total. The molecule has 0 spiro atoms. The van der Waals surface area contributed by atoms with Crippen molar-refractivity contribution < 1.29 is 23.7 Å². The lowest BCUT2D eigenvalue weighted by Crippen LogP contribution is -2.16. The minimum atomic E-state index is -0.399. The van der Waals surface area contributed by atoms with Crippen LogP contribution in [0.5, 0.6) is 23.0 Å². The van der Waals surface area contributed by atoms with Crippen molar-refractivity contribution in [1.29, 1.82) is 0 Å². The average Bonchev–Trinajstić information content (AvgIpc) is 2.91. The Bertz CT molecular complexity index is 1330. The normalized spacial score (nSPS) is 11.9. The molecule has 0 fully saturated rings. The van der Waals surface area contributed by atoms with Crippen LogP contribution in [0.2, 0.25) is 0 Å². The van der Waals surface area contributed by atoms with Crippen LogP contribution in [-0.4, -0.2) is 27.3 Å². The molecule has 178 valence electrons. The molecule has 35 heavy (non-hydrogen) atoms. The van der Waals surface area contributed by atoms with E-state index < -0.39 is 5.92 Å². The van der Waals surface area contributed by atoms with Crippen LogP contribution >= 0.6 is 0 Å². The number of benzene rings is 4. The molecular weight excluding hydrogens is 440 g/mol. The Morgan fingerprint density at radius 2 is 1.20 bits per heavy atom. The SMILES string of the molecule is COc1cc(/C=C/c2ccc(OC(=O)[C@H](C)c3ccc4cc(OC)ccc4c3)cc2)cc(OC)c1. The van der Waals surface area contributed by atoms with E-state index in [1.54, 1.807) is 33.5 Å². The first kappa shape index (κ1) is 23.9. The number of esters is 1. The van der Waals surface area contributed by atoms with Crippen molar-refractivity contribution in [2.75, 3.05) is 21.3 Å². The number of carbonyl (C=O) groups is 1. The first-order valence-corrected chi connectivity index (χ1v) is 11.3. The van der Waals surface area contributed by atoms with Crippen molar-refractivity contribution in [1.82, 2.24) is 0 Å². The van der Waals surface area contributed by atoms with Gasteiger partial charge in [0.1, 0.15) is 23.0 Å². The van der Waals surface area contributed by atoms with Crippen molar-refractivity contribution in [2.45, 2.75) is 12.8 Å². The van der Waals surface area contributed by atoms with E-state index in [2.05, 4.69) is 0 Å². The minimum Gasteiger partial charge on any atom is -0.497 e. The zero-order valence-corrected chi connectivity index (χ0v) is 20.3. The fourth-order valence-corrected chi connectivity index (χ4v) is 3.74. The molecule has 0 aliphatic carbocycles. The van der Waals surface area contributed by atoms with Crippen LogP contribution < -0.4 is 18.9 Å². The first-order chi connectivity index (χ1) is 17.0. The Morgan fingerprint density at radius 3 is 1.86 bits per heavy atom. The molecule has 0 unspecified atom stereocenters. The first-order valence-electron chi connectivity index (χ1n) is 11.3. The summed E-state index contributed by atoms with van der Waals surface area (Å²) in [4.78, 5) is 12.8. The lowest BCUT2D eigenvalue weighted by molar-refractivity contribution is -0.135. The zero-order valence-electron chi connectivity index (χ0n) is 20.3. The highest BCUT2D eigenvalue weighted by Gasteiger charge is 2.18. The lowest BCUT2D eigenvalue weighted by atomic mass is 9.98. The average molecular weight is 469 g/mol. The van der Waals surface area contributed by atoms with E-state index in [0.717, 1.165) is 44.7 Å². The monoisotopic (exact) mass is 468 g/mol. The molecule has 0 aromatic heterocycles. The van der Waals surface area contributed by atoms with Gasteiger partial charge in [-0.25, -0.2) is 0 Å². The quantitative estimate of drug-likeness (QED) is 0.163. The van der Waals surface area contributed by atoms with Gasteiger partial charge >= 0.3 is 5.97 Å². The van der Waals surface area contributed by atoms with Gasteiger partial charge in [0.2, 0.25) is 0 Å². The maximum atomic E-state index is 12.8. The smallest absolute Gasteiger partial charge is 0.318 e. The van der Waals surface area contributed by atoms with Crippen molar-refractivity contribution in [3.05, 3.63) is 95.6 Å². The largest absolute Gasteiger partial charge is 0.497 e. The number of ether oxygens (including phenoxy) is 4. The van der Waals surface area contributed by atoms with E-state index in [0.29, 0.717) is 5.75 Å². The molecule has 0 radical (unpaired) electrons. The van der Waals surface area contributed by atoms with E-state index in [9.17, 15) is 4.79 Å². The maximum absolute atomic E-state index is 12.8. The minimum absolute atomic E-state index is 0.301. The highest BCUT2D eigenvalue weighted by atomic mass is 16.5. The summed E-state index contributed by atoms with van der Waals surface area (Å²) in [5.74, 6) is 2.07. The molecule has 5 nitrogen and oxygen atoms in total. The summed E-state index contributed by atoms with van der Waals surface area (Å²) in [5.41, 5.74) is 2.84. The van der Waals surface area contributed by atoms with Crippen LogP contribution in [0.3, 0.4) is 0 Å². The van der Waals surface area contributed by atoms with Gasteiger partial charge in [0.25, 0.3) is 0 Å². The number of methoxy groups -OCH3 is 3. The van der Waals surface area contributed by atoms with Gasteiger partial charge in [-0.1, -0.05) is 48.6 Å². The van der Waals surface area contributed by atoms with E-state index in [4.69, 9.17) is 18.9 Å². The van der Waals surface area contributed by atoms with Crippen molar-refractivity contribution >= 4 is 28.9 Å². The Morgan fingerprint density at radius 1 is 0.629 bits per heavy atom. The summed E-state index contributed by atoms with van der Waals surface area (Å²) >= 11 is 0. The van der Waals surface area contributed by atoms with Gasteiger partial charge in [-0.05, 0) is 70.8 Å². The number of carbonyl (C=O) groups excluding carboxylic acids is 1. The molecule has 0 saturated heterocycles. The van der Waals surface area contributed by atoms with Gasteiger partial charge in [0.05, 0.1) is 27.2 Å². The van der Waals surface area contributed by atoms with Crippen LogP contribution in [0, 0.1) is 0 Å². The number of hydrogen-bond donors (Lipinski definition) is 0. The molecule has 4 aromatic carbocycles. The topological polar surface area (TPSA) is 54.0 Å². The van der Waals surface area contributed by atoms with Gasteiger partial charge in [-0.3, -0.25) is 4.79 Å². The molecule has 0 bridgehead atoms. The molecular formula is C30H28O5. The second-order valence-electron chi connectivity index (χ2n) is 8.16. The summed E-state index contributed by atoms with van der Waals surface area (Å²) in [5, 5.41) is 2.11. The molecule has 5 heteroatoms. The molecule has 0 saturated carbocycles. The van der Waals surface area contributed by atoms with E-state index in [-0.39, 0.29) is 5.97 Å². The zero-order chi connectivity index (χ0) is 24.8. The maximum Gasteiger partial charge on any atom is 0.318 e. The third-order valence-corrected chi connectivity index (χ3v) is 5.87. The predicted molar refractivity (Wildman–Crippen MR) is 139 cm³/mol. The molecule has 0 aliphatic rings. The molecule has 0 amide bonds. The van der Waals surface area contributed by atoms with Crippen LogP contribution in [0.15, 0.2) is 78.9 Å².